The topological polar surface area (TPSA) is 52.6 Å². The molecule has 29 heavy (non-hydrogen) atoms. The maximum Gasteiger partial charge on any atom is 0.503 e. The molecule has 3 rings (SSSR count). The third-order valence-electron chi connectivity index (χ3n) is 4.68. The van der Waals surface area contributed by atoms with E-state index in [4.69, 9.17) is 9.05 Å². The summed E-state index contributed by atoms with van der Waals surface area (Å²) in [5.74, 6) is 0.714. The van der Waals surface area contributed by atoms with Gasteiger partial charge < -0.3 is 9.05 Å². The summed E-state index contributed by atoms with van der Waals surface area (Å²) in [7, 11) is -4.22. The summed E-state index contributed by atoms with van der Waals surface area (Å²) in [5.41, 5.74) is 3.13. The van der Waals surface area contributed by atoms with E-state index in [1.165, 1.54) is 0 Å². The SMILES string of the molecule is CCc1ccccc1OP(=O)(Oc1ccccc1)C(=O)c1c(C)cc(C)cc1C. The van der Waals surface area contributed by atoms with Crippen molar-refractivity contribution in [2.75, 3.05) is 0 Å². The van der Waals surface area contributed by atoms with Crippen LogP contribution in [0.15, 0.2) is 66.7 Å². The molecule has 150 valence electrons. The molecular formula is C24H25O4P. The Kier molecular flexibility index (Phi) is 6.24. The van der Waals surface area contributed by atoms with Crippen molar-refractivity contribution in [2.24, 2.45) is 0 Å². The van der Waals surface area contributed by atoms with Crippen molar-refractivity contribution in [1.82, 2.24) is 0 Å². The lowest BCUT2D eigenvalue weighted by molar-refractivity contribution is 0.104. The number of para-hydroxylation sites is 2. The second-order valence-corrected chi connectivity index (χ2v) is 8.80. The van der Waals surface area contributed by atoms with Crippen molar-refractivity contribution in [1.29, 1.82) is 0 Å². The van der Waals surface area contributed by atoms with Crippen molar-refractivity contribution < 1.29 is 18.4 Å². The van der Waals surface area contributed by atoms with E-state index in [1.54, 1.807) is 36.4 Å². The summed E-state index contributed by atoms with van der Waals surface area (Å²) < 4.78 is 25.5. The third-order valence-corrected chi connectivity index (χ3v) is 6.29. The van der Waals surface area contributed by atoms with Crippen LogP contribution in [-0.4, -0.2) is 5.52 Å². The predicted molar refractivity (Wildman–Crippen MR) is 116 cm³/mol. The summed E-state index contributed by atoms with van der Waals surface area (Å²) in [6.45, 7) is 7.60. The van der Waals surface area contributed by atoms with Crippen LogP contribution in [0.2, 0.25) is 0 Å². The van der Waals surface area contributed by atoms with Gasteiger partial charge in [-0.3, -0.25) is 4.79 Å². The molecule has 0 heterocycles. The van der Waals surface area contributed by atoms with Gasteiger partial charge >= 0.3 is 7.60 Å². The fraction of sp³-hybridized carbons (Fsp3) is 0.208. The molecule has 4 nitrogen and oxygen atoms in total. The Labute approximate surface area is 172 Å². The van der Waals surface area contributed by atoms with Crippen molar-refractivity contribution in [3.63, 3.8) is 0 Å². The summed E-state index contributed by atoms with van der Waals surface area (Å²) in [6.07, 6.45) is 0.679. The molecular weight excluding hydrogens is 383 g/mol. The van der Waals surface area contributed by atoms with E-state index in [0.717, 1.165) is 22.3 Å². The molecule has 0 amide bonds. The minimum atomic E-state index is -4.22. The summed E-state index contributed by atoms with van der Waals surface area (Å²) in [4.78, 5) is 13.5. The van der Waals surface area contributed by atoms with Crippen LogP contribution in [0.4, 0.5) is 0 Å². The molecule has 0 bridgehead atoms. The van der Waals surface area contributed by atoms with E-state index in [0.29, 0.717) is 23.5 Å². The quantitative estimate of drug-likeness (QED) is 0.410. The van der Waals surface area contributed by atoms with E-state index in [2.05, 4.69) is 0 Å². The summed E-state index contributed by atoms with van der Waals surface area (Å²) in [6, 6.07) is 19.7. The first-order valence-electron chi connectivity index (χ1n) is 9.59. The van der Waals surface area contributed by atoms with Gasteiger partial charge in [-0.1, -0.05) is 61.0 Å². The molecule has 3 aromatic carbocycles. The smallest absolute Gasteiger partial charge is 0.411 e. The zero-order chi connectivity index (χ0) is 21.0. The number of hydrogen-bond acceptors (Lipinski definition) is 4. The molecule has 0 saturated carbocycles. The zero-order valence-electron chi connectivity index (χ0n) is 17.1. The van der Waals surface area contributed by atoms with Gasteiger partial charge in [0.1, 0.15) is 11.5 Å². The highest BCUT2D eigenvalue weighted by Crippen LogP contribution is 2.52. The summed E-state index contributed by atoms with van der Waals surface area (Å²) >= 11 is 0. The zero-order valence-corrected chi connectivity index (χ0v) is 18.0. The lowest BCUT2D eigenvalue weighted by Crippen LogP contribution is -2.15. The van der Waals surface area contributed by atoms with Gasteiger partial charge in [0.25, 0.3) is 5.52 Å². The van der Waals surface area contributed by atoms with E-state index in [9.17, 15) is 9.36 Å². The lowest BCUT2D eigenvalue weighted by atomic mass is 10.0. The van der Waals surface area contributed by atoms with Gasteiger partial charge in [-0.2, -0.15) is 0 Å². The number of rotatable bonds is 7. The Hall–Kier alpha value is -2.84. The van der Waals surface area contributed by atoms with Gasteiger partial charge in [-0.15, -0.1) is 0 Å². The molecule has 5 heteroatoms. The first-order valence-corrected chi connectivity index (χ1v) is 11.1. The van der Waals surface area contributed by atoms with E-state index < -0.39 is 13.1 Å². The largest absolute Gasteiger partial charge is 0.503 e. The summed E-state index contributed by atoms with van der Waals surface area (Å²) in [5, 5.41) is 0. The molecule has 0 aliphatic heterocycles. The normalized spacial score (nSPS) is 12.8. The first-order chi connectivity index (χ1) is 13.8. The van der Waals surface area contributed by atoms with Gasteiger partial charge in [0.05, 0.1) is 0 Å². The lowest BCUT2D eigenvalue weighted by Gasteiger charge is -2.22. The second-order valence-electron chi connectivity index (χ2n) is 7.03. The minimum absolute atomic E-state index is 0.320. The molecule has 1 atom stereocenters. The third kappa shape index (κ3) is 4.60. The Balaban J connectivity index is 2.10. The molecule has 0 aromatic heterocycles. The van der Waals surface area contributed by atoms with Gasteiger partial charge in [-0.05, 0) is 62.1 Å². The first kappa shape index (κ1) is 20.9. The van der Waals surface area contributed by atoms with E-state index >= 15 is 0 Å². The molecule has 0 saturated heterocycles. The highest BCUT2D eigenvalue weighted by Gasteiger charge is 2.41. The monoisotopic (exact) mass is 408 g/mol. The Bertz CT molecular complexity index is 1050. The standard InChI is InChI=1S/C24H25O4P/c1-5-20-11-9-10-14-22(20)28-29(26,27-21-12-7-6-8-13-21)24(25)23-18(3)15-17(2)16-19(23)4/h6-16H,5H2,1-4H3. The van der Waals surface area contributed by atoms with E-state index in [-0.39, 0.29) is 0 Å². The van der Waals surface area contributed by atoms with Gasteiger partial charge in [0, 0.05) is 5.56 Å². The van der Waals surface area contributed by atoms with Crippen molar-refractivity contribution in [2.45, 2.75) is 34.1 Å². The fourth-order valence-corrected chi connectivity index (χ4v) is 5.06. The fourth-order valence-electron chi connectivity index (χ4n) is 3.39. The Morgan fingerprint density at radius 3 is 2.07 bits per heavy atom. The van der Waals surface area contributed by atoms with Gasteiger partial charge in [0.2, 0.25) is 0 Å². The van der Waals surface area contributed by atoms with Crippen molar-refractivity contribution in [3.05, 3.63) is 94.5 Å². The molecule has 0 aliphatic carbocycles. The highest BCUT2D eigenvalue weighted by atomic mass is 31.2. The van der Waals surface area contributed by atoms with Gasteiger partial charge in [0.15, 0.2) is 0 Å². The number of benzene rings is 3. The molecule has 3 aromatic rings. The second kappa shape index (κ2) is 8.67. The van der Waals surface area contributed by atoms with Crippen LogP contribution in [0.5, 0.6) is 11.5 Å². The number of carbonyl (C=O) groups excluding carboxylic acids is 1. The average Bonchev–Trinajstić information content (AvgIpc) is 2.68. The van der Waals surface area contributed by atoms with Crippen LogP contribution in [0.3, 0.4) is 0 Å². The Morgan fingerprint density at radius 1 is 0.862 bits per heavy atom. The van der Waals surface area contributed by atoms with Crippen LogP contribution in [0.1, 0.15) is 39.5 Å². The highest BCUT2D eigenvalue weighted by molar-refractivity contribution is 7.73. The predicted octanol–water partition coefficient (Wildman–Crippen LogP) is 6.67. The number of carbonyl (C=O) groups is 1. The van der Waals surface area contributed by atoms with Crippen LogP contribution in [0.25, 0.3) is 0 Å². The molecule has 0 fully saturated rings. The van der Waals surface area contributed by atoms with Crippen LogP contribution < -0.4 is 9.05 Å². The molecule has 0 aliphatic rings. The van der Waals surface area contributed by atoms with Crippen molar-refractivity contribution in [3.8, 4) is 11.5 Å². The Morgan fingerprint density at radius 2 is 1.45 bits per heavy atom. The molecule has 0 N–H and O–H groups in total. The number of aryl methyl sites for hydroxylation is 4. The maximum absolute atomic E-state index is 13.9. The number of hydrogen-bond donors (Lipinski definition) is 0. The molecule has 0 spiro atoms. The minimum Gasteiger partial charge on any atom is -0.411 e. The molecule has 1 unspecified atom stereocenters. The van der Waals surface area contributed by atoms with E-state index in [1.807, 2.05) is 58.0 Å². The van der Waals surface area contributed by atoms with Crippen LogP contribution in [-0.2, 0) is 11.0 Å². The maximum atomic E-state index is 13.9. The molecule has 0 radical (unpaired) electrons. The van der Waals surface area contributed by atoms with Gasteiger partial charge in [-0.25, -0.2) is 4.57 Å². The van der Waals surface area contributed by atoms with Crippen molar-refractivity contribution >= 4 is 13.1 Å². The van der Waals surface area contributed by atoms with Crippen LogP contribution in [0, 0.1) is 20.8 Å². The average molecular weight is 408 g/mol. The van der Waals surface area contributed by atoms with Crippen LogP contribution >= 0.6 is 7.60 Å².